The van der Waals surface area contributed by atoms with E-state index in [1.54, 1.807) is 28.6 Å². The summed E-state index contributed by atoms with van der Waals surface area (Å²) in [6.07, 6.45) is 1.32. The van der Waals surface area contributed by atoms with Gasteiger partial charge in [-0.25, -0.2) is 4.68 Å². The summed E-state index contributed by atoms with van der Waals surface area (Å²) in [6, 6.07) is 4.77. The maximum absolute atomic E-state index is 12.9. The molecule has 142 valence electrons. The van der Waals surface area contributed by atoms with Crippen LogP contribution in [0.15, 0.2) is 34.6 Å². The van der Waals surface area contributed by atoms with Gasteiger partial charge in [-0.05, 0) is 35.8 Å². The Morgan fingerprint density at radius 3 is 2.96 bits per heavy atom. The quantitative estimate of drug-likeness (QED) is 0.779. The first-order valence-corrected chi connectivity index (χ1v) is 9.99. The van der Waals surface area contributed by atoms with E-state index in [4.69, 9.17) is 4.74 Å². The molecule has 7 nitrogen and oxygen atoms in total. The predicted octanol–water partition coefficient (Wildman–Crippen LogP) is 3.37. The molecule has 1 aliphatic carbocycles. The van der Waals surface area contributed by atoms with Crippen molar-refractivity contribution in [3.63, 3.8) is 0 Å². The van der Waals surface area contributed by atoms with Gasteiger partial charge in [0, 0.05) is 17.7 Å². The molecule has 0 radical (unpaired) electrons. The van der Waals surface area contributed by atoms with Crippen LogP contribution in [0.2, 0.25) is 0 Å². The zero-order chi connectivity index (χ0) is 19.1. The average molecular weight is 386 g/mol. The van der Waals surface area contributed by atoms with Crippen LogP contribution in [-0.2, 0) is 4.79 Å². The van der Waals surface area contributed by atoms with Crippen LogP contribution in [0.3, 0.4) is 0 Å². The Morgan fingerprint density at radius 1 is 1.41 bits per heavy atom. The molecule has 0 unspecified atom stereocenters. The summed E-state index contributed by atoms with van der Waals surface area (Å²) in [5.74, 6) is 2.36. The second kappa shape index (κ2) is 6.92. The highest BCUT2D eigenvalue weighted by atomic mass is 32.2. The van der Waals surface area contributed by atoms with E-state index in [9.17, 15) is 9.90 Å². The molecule has 0 saturated heterocycles. The van der Waals surface area contributed by atoms with Gasteiger partial charge in [0.1, 0.15) is 6.04 Å². The Balaban J connectivity index is 1.88. The van der Waals surface area contributed by atoms with Crippen molar-refractivity contribution >= 4 is 23.5 Å². The van der Waals surface area contributed by atoms with Gasteiger partial charge in [0.15, 0.2) is 17.3 Å². The maximum Gasteiger partial charge on any atom is 0.227 e. The topological polar surface area (TPSA) is 89.3 Å². The molecule has 2 atom stereocenters. The SMILES string of the molecule is CCSc1nc2n(n1)[C@@H](c1ccc(O)c(OC)c1)C1=C(C[C@@H](C)CC1=O)N2. The third kappa shape index (κ3) is 3.07. The fourth-order valence-corrected chi connectivity index (χ4v) is 4.30. The first kappa shape index (κ1) is 17.9. The van der Waals surface area contributed by atoms with Crippen LogP contribution < -0.4 is 10.1 Å². The number of aromatic hydroxyl groups is 1. The summed E-state index contributed by atoms with van der Waals surface area (Å²) in [4.78, 5) is 17.5. The minimum absolute atomic E-state index is 0.0639. The minimum atomic E-state index is -0.385. The normalized spacial score (nSPS) is 21.5. The average Bonchev–Trinajstić information content (AvgIpc) is 3.02. The van der Waals surface area contributed by atoms with E-state index in [1.807, 2.05) is 6.07 Å². The second-order valence-corrected chi connectivity index (χ2v) is 8.11. The fraction of sp³-hybridized carbons (Fsp3) is 0.421. The Morgan fingerprint density at radius 2 is 2.22 bits per heavy atom. The van der Waals surface area contributed by atoms with Crippen LogP contribution >= 0.6 is 11.8 Å². The molecule has 2 heterocycles. The lowest BCUT2D eigenvalue weighted by molar-refractivity contribution is -0.117. The predicted molar refractivity (Wildman–Crippen MR) is 103 cm³/mol. The van der Waals surface area contributed by atoms with E-state index in [0.717, 1.165) is 29.0 Å². The van der Waals surface area contributed by atoms with Crippen molar-refractivity contribution in [2.45, 2.75) is 37.9 Å². The highest BCUT2D eigenvalue weighted by Gasteiger charge is 2.38. The van der Waals surface area contributed by atoms with Crippen molar-refractivity contribution in [2.24, 2.45) is 5.92 Å². The third-order valence-electron chi connectivity index (χ3n) is 4.90. The molecule has 0 spiro atoms. The number of nitrogens with zero attached hydrogens (tertiary/aromatic N) is 3. The van der Waals surface area contributed by atoms with Crippen molar-refractivity contribution in [3.05, 3.63) is 35.0 Å². The molecule has 0 fully saturated rings. The monoisotopic (exact) mass is 386 g/mol. The number of benzene rings is 1. The number of allylic oxidation sites excluding steroid dienone is 2. The summed E-state index contributed by atoms with van der Waals surface area (Å²) < 4.78 is 7.05. The summed E-state index contributed by atoms with van der Waals surface area (Å²) in [6.45, 7) is 4.13. The summed E-state index contributed by atoms with van der Waals surface area (Å²) in [7, 11) is 1.51. The van der Waals surface area contributed by atoms with Crippen molar-refractivity contribution in [1.29, 1.82) is 0 Å². The highest BCUT2D eigenvalue weighted by Crippen LogP contribution is 2.43. The van der Waals surface area contributed by atoms with Gasteiger partial charge >= 0.3 is 0 Å². The van der Waals surface area contributed by atoms with Crippen LogP contribution in [-0.4, -0.2) is 38.5 Å². The third-order valence-corrected chi connectivity index (χ3v) is 5.62. The van der Waals surface area contributed by atoms with Crippen molar-refractivity contribution in [1.82, 2.24) is 14.8 Å². The standard InChI is InChI=1S/C19H22N4O3S/c1-4-27-19-21-18-20-12-7-10(2)8-14(25)16(12)17(23(18)22-19)11-5-6-13(24)15(9-11)26-3/h5-6,9-10,17,24H,4,7-8H2,1-3H3,(H,20,21,22)/t10-,17+/m1/s1. The van der Waals surface area contributed by atoms with E-state index in [2.05, 4.69) is 29.2 Å². The molecule has 0 saturated carbocycles. The van der Waals surface area contributed by atoms with Crippen LogP contribution in [0.5, 0.6) is 11.5 Å². The number of aromatic nitrogens is 3. The van der Waals surface area contributed by atoms with Gasteiger partial charge in [-0.3, -0.25) is 4.79 Å². The van der Waals surface area contributed by atoms with Gasteiger partial charge < -0.3 is 15.2 Å². The van der Waals surface area contributed by atoms with Gasteiger partial charge in [0.2, 0.25) is 11.1 Å². The highest BCUT2D eigenvalue weighted by molar-refractivity contribution is 7.99. The summed E-state index contributed by atoms with van der Waals surface area (Å²) in [5.41, 5.74) is 2.48. The molecule has 1 aromatic heterocycles. The minimum Gasteiger partial charge on any atom is -0.504 e. The Hall–Kier alpha value is -2.48. The van der Waals surface area contributed by atoms with Crippen molar-refractivity contribution < 1.29 is 14.6 Å². The number of methoxy groups -OCH3 is 1. The maximum atomic E-state index is 12.9. The van der Waals surface area contributed by atoms with Gasteiger partial charge in [-0.1, -0.05) is 31.7 Å². The molecular weight excluding hydrogens is 364 g/mol. The molecule has 0 bridgehead atoms. The summed E-state index contributed by atoms with van der Waals surface area (Å²) in [5, 5.41) is 18.6. The Kier molecular flexibility index (Phi) is 4.59. The first-order valence-electron chi connectivity index (χ1n) is 9.01. The molecule has 2 aliphatic rings. The lowest BCUT2D eigenvalue weighted by atomic mass is 9.81. The van der Waals surface area contributed by atoms with E-state index < -0.39 is 0 Å². The number of hydrogen-bond acceptors (Lipinski definition) is 7. The number of phenolic OH excluding ortho intramolecular Hbond substituents is 1. The number of phenols is 1. The van der Waals surface area contributed by atoms with Crippen LogP contribution in [0.25, 0.3) is 0 Å². The van der Waals surface area contributed by atoms with E-state index in [-0.39, 0.29) is 23.5 Å². The molecule has 0 amide bonds. The number of fused-ring (bicyclic) bond motifs is 1. The number of rotatable bonds is 4. The fourth-order valence-electron chi connectivity index (χ4n) is 3.75. The smallest absolute Gasteiger partial charge is 0.227 e. The molecule has 1 aromatic carbocycles. The van der Waals surface area contributed by atoms with Gasteiger partial charge in [0.25, 0.3) is 0 Å². The number of ketones is 1. The van der Waals surface area contributed by atoms with Crippen molar-refractivity contribution in [2.75, 3.05) is 18.2 Å². The van der Waals surface area contributed by atoms with Crippen LogP contribution in [0, 0.1) is 5.92 Å². The van der Waals surface area contributed by atoms with Crippen LogP contribution in [0.1, 0.15) is 38.3 Å². The largest absolute Gasteiger partial charge is 0.504 e. The molecule has 2 aromatic rings. The van der Waals surface area contributed by atoms with Gasteiger partial charge in [0.05, 0.1) is 7.11 Å². The second-order valence-electron chi connectivity index (χ2n) is 6.88. The number of Topliss-reactive ketones (excluding diaryl/α,β-unsaturated/α-hetero) is 1. The van der Waals surface area contributed by atoms with Gasteiger partial charge in [-0.15, -0.1) is 5.10 Å². The van der Waals surface area contributed by atoms with Crippen LogP contribution in [0.4, 0.5) is 5.95 Å². The number of thioether (sulfide) groups is 1. The number of carbonyl (C=O) groups excluding carboxylic acids is 1. The molecule has 8 heteroatoms. The zero-order valence-corrected chi connectivity index (χ0v) is 16.3. The lowest BCUT2D eigenvalue weighted by Crippen LogP contribution is -2.33. The number of ether oxygens (including phenoxy) is 1. The lowest BCUT2D eigenvalue weighted by Gasteiger charge is -2.34. The number of hydrogen-bond donors (Lipinski definition) is 2. The zero-order valence-electron chi connectivity index (χ0n) is 15.5. The number of carbonyl (C=O) groups is 1. The van der Waals surface area contributed by atoms with E-state index in [0.29, 0.717) is 23.3 Å². The summed E-state index contributed by atoms with van der Waals surface area (Å²) >= 11 is 1.56. The molecule has 4 rings (SSSR count). The van der Waals surface area contributed by atoms with Gasteiger partial charge in [-0.2, -0.15) is 4.98 Å². The Labute approximate surface area is 161 Å². The molecule has 1 aliphatic heterocycles. The molecule has 2 N–H and O–H groups in total. The van der Waals surface area contributed by atoms with E-state index in [1.165, 1.54) is 7.11 Å². The van der Waals surface area contributed by atoms with E-state index >= 15 is 0 Å². The Bertz CT molecular complexity index is 937. The number of anilines is 1. The van der Waals surface area contributed by atoms with Crippen molar-refractivity contribution in [3.8, 4) is 11.5 Å². The first-order chi connectivity index (χ1) is 13.0. The molecular formula is C19H22N4O3S. The number of nitrogens with one attached hydrogen (secondary N) is 1. The molecule has 27 heavy (non-hydrogen) atoms.